The van der Waals surface area contributed by atoms with Crippen LogP contribution in [0.1, 0.15) is 13.8 Å². The minimum Gasteiger partial charge on any atom is -0.382 e. The standard InChI is InChI=1S/C6H8N.C4H10O.HI.Mg.2H/c1-7-5-3-2-4-6-7;1-3-5-4-2;;;;/h2-6H,1H3;3-4H2,1-2H3;1H;;;/q+1;;;;;. The highest BCUT2D eigenvalue weighted by molar-refractivity contribution is 14.0. The van der Waals surface area contributed by atoms with Crippen LogP contribution in [0.2, 0.25) is 0 Å². The fourth-order valence-electron chi connectivity index (χ4n) is 0.689. The van der Waals surface area contributed by atoms with E-state index in [1.165, 1.54) is 0 Å². The van der Waals surface area contributed by atoms with E-state index in [9.17, 15) is 0 Å². The Morgan fingerprint density at radius 2 is 1.43 bits per heavy atom. The van der Waals surface area contributed by atoms with Crippen LogP contribution in [-0.4, -0.2) is 36.3 Å². The number of ether oxygens (including phenoxy) is 1. The summed E-state index contributed by atoms with van der Waals surface area (Å²) in [4.78, 5) is 0. The van der Waals surface area contributed by atoms with Crippen molar-refractivity contribution < 1.29 is 9.30 Å². The van der Waals surface area contributed by atoms with Crippen molar-refractivity contribution in [3.05, 3.63) is 30.6 Å². The predicted octanol–water partition coefficient (Wildman–Crippen LogP) is 1.26. The van der Waals surface area contributed by atoms with Crippen molar-refractivity contribution in [1.29, 1.82) is 0 Å². The highest BCUT2D eigenvalue weighted by Crippen LogP contribution is 1.71. The average Bonchev–Trinajstić information content (AvgIpc) is 2.08. The molecule has 0 aliphatic carbocycles. The first-order valence-corrected chi connectivity index (χ1v) is 4.29. The van der Waals surface area contributed by atoms with Crippen LogP contribution in [0.3, 0.4) is 0 Å². The molecular formula is C10H21IMgNO+. The second-order valence-corrected chi connectivity index (χ2v) is 2.32. The van der Waals surface area contributed by atoms with Gasteiger partial charge in [-0.25, -0.2) is 4.57 Å². The lowest BCUT2D eigenvalue weighted by Crippen LogP contribution is -2.25. The minimum absolute atomic E-state index is 0. The van der Waals surface area contributed by atoms with E-state index in [0.717, 1.165) is 13.2 Å². The molecule has 0 spiro atoms. The van der Waals surface area contributed by atoms with E-state index >= 15 is 0 Å². The third-order valence-corrected chi connectivity index (χ3v) is 1.27. The third kappa shape index (κ3) is 15.1. The van der Waals surface area contributed by atoms with Gasteiger partial charge in [-0.2, -0.15) is 0 Å². The number of aromatic nitrogens is 1. The predicted molar refractivity (Wildman–Crippen MR) is 73.7 cm³/mol. The Bertz CT molecular complexity index is 183. The van der Waals surface area contributed by atoms with Crippen LogP contribution in [-0.2, 0) is 11.8 Å². The number of nitrogens with zero attached hydrogens (tertiary/aromatic N) is 1. The summed E-state index contributed by atoms with van der Waals surface area (Å²) in [6.07, 6.45) is 4.00. The normalized spacial score (nSPS) is 7.36. The fourth-order valence-corrected chi connectivity index (χ4v) is 0.689. The van der Waals surface area contributed by atoms with Gasteiger partial charge in [-0.1, -0.05) is 6.07 Å². The maximum Gasteiger partial charge on any atom is 0.316 e. The van der Waals surface area contributed by atoms with Crippen molar-refractivity contribution in [3.8, 4) is 0 Å². The van der Waals surface area contributed by atoms with Crippen molar-refractivity contribution in [3.63, 3.8) is 0 Å². The number of aryl methyl sites for hydroxylation is 1. The number of hydrogen-bond acceptors (Lipinski definition) is 1. The molecule has 1 heterocycles. The maximum atomic E-state index is 4.83. The van der Waals surface area contributed by atoms with Gasteiger partial charge in [0.15, 0.2) is 12.4 Å². The zero-order valence-electron chi connectivity index (χ0n) is 8.56. The summed E-state index contributed by atoms with van der Waals surface area (Å²) in [5.41, 5.74) is 0. The Kier molecular flexibility index (Phi) is 23.0. The van der Waals surface area contributed by atoms with E-state index in [0.29, 0.717) is 0 Å². The van der Waals surface area contributed by atoms with Crippen molar-refractivity contribution in [1.82, 2.24) is 0 Å². The molecule has 80 valence electrons. The van der Waals surface area contributed by atoms with Crippen molar-refractivity contribution in [2.75, 3.05) is 13.2 Å². The molecule has 0 aromatic carbocycles. The highest BCUT2D eigenvalue weighted by Gasteiger charge is 1.78. The highest BCUT2D eigenvalue weighted by atomic mass is 127. The molecule has 0 bridgehead atoms. The molecule has 0 atom stereocenters. The van der Waals surface area contributed by atoms with Gasteiger partial charge in [0.2, 0.25) is 0 Å². The van der Waals surface area contributed by atoms with Gasteiger partial charge in [0, 0.05) is 25.3 Å². The average molecular weight is 322 g/mol. The van der Waals surface area contributed by atoms with Gasteiger partial charge in [-0.15, -0.1) is 24.0 Å². The van der Waals surface area contributed by atoms with Gasteiger partial charge < -0.3 is 4.74 Å². The maximum absolute atomic E-state index is 4.83. The van der Waals surface area contributed by atoms with E-state index in [-0.39, 0.29) is 47.0 Å². The summed E-state index contributed by atoms with van der Waals surface area (Å²) in [5, 5.41) is 0. The summed E-state index contributed by atoms with van der Waals surface area (Å²) < 4.78 is 6.83. The van der Waals surface area contributed by atoms with Crippen LogP contribution in [0.4, 0.5) is 0 Å². The molecule has 0 aliphatic rings. The first-order chi connectivity index (χ1) is 5.81. The van der Waals surface area contributed by atoms with E-state index < -0.39 is 0 Å². The number of pyridine rings is 1. The Hall–Kier alpha value is 0.606. The van der Waals surface area contributed by atoms with Crippen LogP contribution in [0, 0.1) is 0 Å². The van der Waals surface area contributed by atoms with Gasteiger partial charge in [0.25, 0.3) is 0 Å². The summed E-state index contributed by atoms with van der Waals surface area (Å²) in [6, 6.07) is 6.00. The lowest BCUT2D eigenvalue weighted by atomic mass is 10.5. The second kappa shape index (κ2) is 16.1. The zero-order valence-corrected chi connectivity index (χ0v) is 10.9. The Morgan fingerprint density at radius 1 is 1.00 bits per heavy atom. The minimum atomic E-state index is 0. The summed E-state index contributed by atoms with van der Waals surface area (Å²) >= 11 is 0. The monoisotopic (exact) mass is 322 g/mol. The number of halogens is 1. The molecule has 0 radical (unpaired) electrons. The quantitative estimate of drug-likeness (QED) is 0.454. The molecule has 0 amide bonds. The van der Waals surface area contributed by atoms with E-state index in [1.807, 2.05) is 56.1 Å². The molecule has 0 N–H and O–H groups in total. The van der Waals surface area contributed by atoms with Gasteiger partial charge >= 0.3 is 23.1 Å². The van der Waals surface area contributed by atoms with E-state index in [1.54, 1.807) is 0 Å². The van der Waals surface area contributed by atoms with E-state index in [4.69, 9.17) is 4.74 Å². The number of hydrogen-bond donors (Lipinski definition) is 0. The largest absolute Gasteiger partial charge is 0.382 e. The Labute approximate surface area is 120 Å². The molecule has 1 rings (SSSR count). The second-order valence-electron chi connectivity index (χ2n) is 2.32. The smallest absolute Gasteiger partial charge is 0.316 e. The first-order valence-electron chi connectivity index (χ1n) is 4.29. The lowest BCUT2D eigenvalue weighted by molar-refractivity contribution is -0.671. The summed E-state index contributed by atoms with van der Waals surface area (Å²) in [7, 11) is 2.00. The van der Waals surface area contributed by atoms with Crippen molar-refractivity contribution in [2.45, 2.75) is 13.8 Å². The molecule has 0 saturated heterocycles. The number of rotatable bonds is 2. The molecule has 0 aliphatic heterocycles. The van der Waals surface area contributed by atoms with Crippen LogP contribution in [0.15, 0.2) is 30.6 Å². The molecule has 14 heavy (non-hydrogen) atoms. The van der Waals surface area contributed by atoms with Gasteiger partial charge in [0.1, 0.15) is 7.05 Å². The topological polar surface area (TPSA) is 13.1 Å². The van der Waals surface area contributed by atoms with Gasteiger partial charge in [-0.05, 0) is 13.8 Å². The molecule has 0 unspecified atom stereocenters. The summed E-state index contributed by atoms with van der Waals surface area (Å²) in [6.45, 7) is 5.67. The van der Waals surface area contributed by atoms with E-state index in [2.05, 4.69) is 0 Å². The van der Waals surface area contributed by atoms with Crippen LogP contribution < -0.4 is 4.57 Å². The molecule has 0 saturated carbocycles. The molecule has 2 nitrogen and oxygen atoms in total. The summed E-state index contributed by atoms with van der Waals surface area (Å²) in [5.74, 6) is 0. The Balaban J connectivity index is -0.000000159. The molecule has 1 aromatic rings. The molecule has 4 heteroatoms. The molecular weight excluding hydrogens is 301 g/mol. The Morgan fingerprint density at radius 3 is 1.57 bits per heavy atom. The SMILES string of the molecule is CCOCC.C[n+]1ccccc1.I.[MgH2]. The van der Waals surface area contributed by atoms with Crippen molar-refractivity contribution in [2.24, 2.45) is 7.05 Å². The van der Waals surface area contributed by atoms with Gasteiger partial charge in [-0.3, -0.25) is 0 Å². The molecule has 0 fully saturated rings. The lowest BCUT2D eigenvalue weighted by Gasteiger charge is -1.86. The van der Waals surface area contributed by atoms with Crippen LogP contribution >= 0.6 is 24.0 Å². The van der Waals surface area contributed by atoms with Crippen LogP contribution in [0.5, 0.6) is 0 Å². The van der Waals surface area contributed by atoms with Crippen LogP contribution in [0.25, 0.3) is 0 Å². The third-order valence-electron chi connectivity index (χ3n) is 1.27. The first kappa shape index (κ1) is 20.1. The zero-order chi connectivity index (χ0) is 9.23. The van der Waals surface area contributed by atoms with Gasteiger partial charge in [0.05, 0.1) is 0 Å². The molecule has 1 aromatic heterocycles. The fraction of sp³-hybridized carbons (Fsp3) is 0.500. The van der Waals surface area contributed by atoms with Crippen molar-refractivity contribution >= 4 is 47.0 Å².